The highest BCUT2D eigenvalue weighted by Gasteiger charge is 2.38. The zero-order valence-electron chi connectivity index (χ0n) is 22.8. The SMILES string of the molecule is C=C1[C@H](n2ccc(NC(=O)OC[C@@H](NC(=O)[C@@H](N)Cc3ccc(-c4ccccc4)cc3)C(=O)O)nc2=O)O[C@H](CO)[C@H]1O. The molecule has 2 heterocycles. The minimum absolute atomic E-state index is 0.144. The molecule has 0 spiro atoms. The van der Waals surface area contributed by atoms with E-state index in [1.54, 1.807) is 0 Å². The zero-order chi connectivity index (χ0) is 31.1. The molecule has 0 radical (unpaired) electrons. The van der Waals surface area contributed by atoms with Gasteiger partial charge in [0.25, 0.3) is 0 Å². The summed E-state index contributed by atoms with van der Waals surface area (Å²) in [5.41, 5.74) is 8.08. The number of nitrogens with one attached hydrogen (secondary N) is 2. The van der Waals surface area contributed by atoms with Crippen molar-refractivity contribution in [3.8, 4) is 11.1 Å². The van der Waals surface area contributed by atoms with Gasteiger partial charge in [-0.05, 0) is 29.2 Å². The number of anilines is 1. The molecule has 14 heteroatoms. The molecule has 1 fully saturated rings. The van der Waals surface area contributed by atoms with Crippen LogP contribution in [-0.2, 0) is 25.5 Å². The Morgan fingerprint density at radius 1 is 1.09 bits per heavy atom. The second-order valence-corrected chi connectivity index (χ2v) is 9.73. The number of hydrogen-bond donors (Lipinski definition) is 6. The first-order valence-electron chi connectivity index (χ1n) is 13.2. The average molecular weight is 594 g/mol. The molecule has 2 amide bonds. The number of hydrogen-bond acceptors (Lipinski definition) is 10. The van der Waals surface area contributed by atoms with Gasteiger partial charge < -0.3 is 35.8 Å². The van der Waals surface area contributed by atoms with Gasteiger partial charge in [0.05, 0.1) is 12.6 Å². The molecule has 3 aromatic rings. The maximum Gasteiger partial charge on any atom is 0.412 e. The van der Waals surface area contributed by atoms with Crippen molar-refractivity contribution in [1.82, 2.24) is 14.9 Å². The Kier molecular flexibility index (Phi) is 10.0. The van der Waals surface area contributed by atoms with Crippen LogP contribution in [0, 0.1) is 0 Å². The molecular formula is C29H31N5O9. The molecule has 0 aliphatic carbocycles. The number of aliphatic hydroxyl groups is 2. The molecule has 1 aliphatic heterocycles. The highest BCUT2D eigenvalue weighted by molar-refractivity contribution is 5.88. The quantitative estimate of drug-likeness (QED) is 0.167. The zero-order valence-corrected chi connectivity index (χ0v) is 22.8. The van der Waals surface area contributed by atoms with E-state index in [0.717, 1.165) is 21.3 Å². The number of aromatic nitrogens is 2. The van der Waals surface area contributed by atoms with E-state index in [4.69, 9.17) is 15.2 Å². The standard InChI is InChI=1S/C29H31N5O9/c1-16-24(36)22(14-35)43-26(16)34-12-11-23(32-28(34)40)33-29(41)42-15-21(27(38)39)31-25(37)20(30)13-17-7-9-19(10-8-17)18-5-3-2-4-6-18/h2-12,20-22,24,26,35-36H,1,13-15,30H2,(H,31,37)(H,38,39)(H,32,33,40,41)/t20-,21+,22+,24-,26+/m0/s1. The summed E-state index contributed by atoms with van der Waals surface area (Å²) in [5, 5.41) is 33.3. The summed E-state index contributed by atoms with van der Waals surface area (Å²) in [7, 11) is 0. The van der Waals surface area contributed by atoms with E-state index >= 15 is 0 Å². The molecule has 0 unspecified atom stereocenters. The van der Waals surface area contributed by atoms with Crippen LogP contribution >= 0.6 is 0 Å². The Morgan fingerprint density at radius 3 is 2.37 bits per heavy atom. The fraction of sp³-hybridized carbons (Fsp3) is 0.276. The van der Waals surface area contributed by atoms with Crippen LogP contribution in [-0.4, -0.2) is 80.3 Å². The maximum atomic E-state index is 12.6. The number of carbonyl (C=O) groups is 3. The molecule has 0 bridgehead atoms. The molecule has 1 aromatic heterocycles. The number of aliphatic carboxylic acids is 1. The summed E-state index contributed by atoms with van der Waals surface area (Å²) >= 11 is 0. The van der Waals surface area contributed by atoms with Gasteiger partial charge in [-0.1, -0.05) is 61.2 Å². The monoisotopic (exact) mass is 593 g/mol. The number of carboxylic acids is 1. The minimum atomic E-state index is -1.60. The summed E-state index contributed by atoms with van der Waals surface area (Å²) in [6, 6.07) is 15.7. The van der Waals surface area contributed by atoms with Crippen molar-refractivity contribution in [2.45, 2.75) is 36.9 Å². The van der Waals surface area contributed by atoms with Crippen molar-refractivity contribution in [2.75, 3.05) is 18.5 Å². The van der Waals surface area contributed by atoms with Gasteiger partial charge in [0.15, 0.2) is 12.3 Å². The van der Waals surface area contributed by atoms with Gasteiger partial charge in [0.1, 0.15) is 24.6 Å². The van der Waals surface area contributed by atoms with E-state index in [9.17, 15) is 34.5 Å². The van der Waals surface area contributed by atoms with Gasteiger partial charge in [0, 0.05) is 11.8 Å². The Bertz CT molecular complexity index is 1530. The first kappa shape index (κ1) is 31.1. The Labute approximate surface area is 245 Å². The number of carbonyl (C=O) groups excluding carboxylic acids is 2. The highest BCUT2D eigenvalue weighted by Crippen LogP contribution is 2.31. The van der Waals surface area contributed by atoms with Gasteiger partial charge in [-0.15, -0.1) is 0 Å². The first-order chi connectivity index (χ1) is 20.6. The molecule has 7 N–H and O–H groups in total. The normalized spacial score (nSPS) is 19.3. The molecule has 4 rings (SSSR count). The van der Waals surface area contributed by atoms with Gasteiger partial charge in [0.2, 0.25) is 5.91 Å². The number of nitrogens with zero attached hydrogens (tertiary/aromatic N) is 2. The highest BCUT2D eigenvalue weighted by atomic mass is 16.6. The van der Waals surface area contributed by atoms with Crippen molar-refractivity contribution in [3.63, 3.8) is 0 Å². The predicted molar refractivity (Wildman–Crippen MR) is 153 cm³/mol. The van der Waals surface area contributed by atoms with Crippen molar-refractivity contribution in [2.24, 2.45) is 5.73 Å². The number of nitrogens with two attached hydrogens (primary N) is 1. The average Bonchev–Trinajstić information content (AvgIpc) is 3.28. The Hall–Kier alpha value is -4.89. The molecule has 1 aliphatic rings. The summed E-state index contributed by atoms with van der Waals surface area (Å²) in [5.74, 6) is -2.43. The third-order valence-corrected chi connectivity index (χ3v) is 6.69. The number of amides is 2. The van der Waals surface area contributed by atoms with Crippen LogP contribution in [0.1, 0.15) is 11.8 Å². The molecule has 5 atom stereocenters. The lowest BCUT2D eigenvalue weighted by atomic mass is 10.0. The van der Waals surface area contributed by atoms with E-state index in [1.807, 2.05) is 54.6 Å². The van der Waals surface area contributed by atoms with Crippen molar-refractivity contribution >= 4 is 23.8 Å². The summed E-state index contributed by atoms with van der Waals surface area (Å²) < 4.78 is 11.4. The number of rotatable bonds is 11. The van der Waals surface area contributed by atoms with E-state index in [0.29, 0.717) is 0 Å². The smallest absolute Gasteiger partial charge is 0.412 e. The lowest BCUT2D eigenvalue weighted by Crippen LogP contribution is -2.51. The van der Waals surface area contributed by atoms with Crippen LogP contribution in [0.3, 0.4) is 0 Å². The number of carboxylic acid groups (broad SMARTS) is 1. The lowest BCUT2D eigenvalue weighted by molar-refractivity contribution is -0.143. The first-order valence-corrected chi connectivity index (χ1v) is 13.2. The molecule has 226 valence electrons. The third kappa shape index (κ3) is 7.69. The maximum absolute atomic E-state index is 12.6. The van der Waals surface area contributed by atoms with Crippen LogP contribution in [0.5, 0.6) is 0 Å². The van der Waals surface area contributed by atoms with Crippen LogP contribution in [0.2, 0.25) is 0 Å². The van der Waals surface area contributed by atoms with Gasteiger partial charge >= 0.3 is 17.8 Å². The predicted octanol–water partition coefficient (Wildman–Crippen LogP) is 0.405. The Morgan fingerprint density at radius 2 is 1.77 bits per heavy atom. The van der Waals surface area contributed by atoms with E-state index in [-0.39, 0.29) is 17.8 Å². The number of ether oxygens (including phenoxy) is 2. The van der Waals surface area contributed by atoms with Crippen molar-refractivity contribution in [1.29, 1.82) is 0 Å². The van der Waals surface area contributed by atoms with E-state index in [2.05, 4.69) is 22.2 Å². The van der Waals surface area contributed by atoms with Crippen molar-refractivity contribution in [3.05, 3.63) is 95.1 Å². The van der Waals surface area contributed by atoms with Crippen molar-refractivity contribution < 1.29 is 39.2 Å². The van der Waals surface area contributed by atoms with Crippen LogP contribution < -0.4 is 22.1 Å². The third-order valence-electron chi connectivity index (χ3n) is 6.69. The van der Waals surface area contributed by atoms with Gasteiger partial charge in [-0.3, -0.25) is 14.7 Å². The molecule has 1 saturated heterocycles. The lowest BCUT2D eigenvalue weighted by Gasteiger charge is -2.18. The second-order valence-electron chi connectivity index (χ2n) is 9.73. The molecule has 14 nitrogen and oxygen atoms in total. The van der Waals surface area contributed by atoms with Gasteiger partial charge in [-0.2, -0.15) is 4.98 Å². The molecule has 0 saturated carbocycles. The van der Waals surface area contributed by atoms with Crippen LogP contribution in [0.25, 0.3) is 11.1 Å². The fourth-order valence-corrected chi connectivity index (χ4v) is 4.32. The molecule has 2 aromatic carbocycles. The summed E-state index contributed by atoms with van der Waals surface area (Å²) in [4.78, 5) is 52.7. The topological polar surface area (TPSA) is 215 Å². The van der Waals surface area contributed by atoms with Crippen LogP contribution in [0.15, 0.2) is 83.8 Å². The van der Waals surface area contributed by atoms with Crippen LogP contribution in [0.4, 0.5) is 10.6 Å². The van der Waals surface area contributed by atoms with E-state index in [1.165, 1.54) is 12.3 Å². The van der Waals surface area contributed by atoms with Gasteiger partial charge in [-0.25, -0.2) is 14.4 Å². The molecule has 43 heavy (non-hydrogen) atoms. The van der Waals surface area contributed by atoms with E-state index < -0.39 is 67.4 Å². The minimum Gasteiger partial charge on any atom is -0.480 e. The molecular weight excluding hydrogens is 562 g/mol. The summed E-state index contributed by atoms with van der Waals surface area (Å²) in [6.07, 6.45) is -2.98. The Balaban J connectivity index is 1.28. The number of aliphatic hydroxyl groups excluding tert-OH is 2. The largest absolute Gasteiger partial charge is 0.480 e. The second kappa shape index (κ2) is 13.8. The summed E-state index contributed by atoms with van der Waals surface area (Å²) in [6.45, 7) is 2.45. The number of benzene rings is 2. The fourth-order valence-electron chi connectivity index (χ4n) is 4.32.